The van der Waals surface area contributed by atoms with Gasteiger partial charge in [-0.1, -0.05) is 76.3 Å². The zero-order valence-electron chi connectivity index (χ0n) is 18.7. The molecule has 28 heavy (non-hydrogen) atoms. The van der Waals surface area contributed by atoms with Crippen molar-refractivity contribution in [3.8, 4) is 0 Å². The van der Waals surface area contributed by atoms with Gasteiger partial charge < -0.3 is 0 Å². The van der Waals surface area contributed by atoms with E-state index in [1.54, 1.807) is 16.4 Å². The Bertz CT molecular complexity index is 760. The molecule has 4 heteroatoms. The lowest BCUT2D eigenvalue weighted by molar-refractivity contribution is 0.216. The third-order valence-electron chi connectivity index (χ3n) is 5.93. The summed E-state index contributed by atoms with van der Waals surface area (Å²) in [5.41, 5.74) is 3.87. The summed E-state index contributed by atoms with van der Waals surface area (Å²) < 4.78 is 28.8. The van der Waals surface area contributed by atoms with E-state index in [0.29, 0.717) is 11.4 Å². The first kappa shape index (κ1) is 23.2. The maximum absolute atomic E-state index is 13.5. The van der Waals surface area contributed by atoms with E-state index in [4.69, 9.17) is 0 Å². The molecule has 0 bridgehead atoms. The quantitative estimate of drug-likeness (QED) is 0.464. The number of nitrogens with zero attached hydrogens (tertiary/aromatic N) is 1. The first-order valence-corrected chi connectivity index (χ1v) is 12.3. The molecule has 0 saturated carbocycles. The number of benzene rings is 1. The molecular weight excluding hydrogens is 366 g/mol. The topological polar surface area (TPSA) is 37.4 Å². The molecule has 1 aliphatic heterocycles. The lowest BCUT2D eigenvalue weighted by Crippen LogP contribution is -2.42. The summed E-state index contributed by atoms with van der Waals surface area (Å²) in [6.07, 6.45) is 7.83. The largest absolute Gasteiger partial charge is 0.243 e. The molecule has 1 aromatic carbocycles. The van der Waals surface area contributed by atoms with Crippen LogP contribution < -0.4 is 0 Å². The van der Waals surface area contributed by atoms with Gasteiger partial charge in [-0.3, -0.25) is 0 Å². The van der Waals surface area contributed by atoms with Crippen LogP contribution in [0.3, 0.4) is 0 Å². The number of hydrogen-bond donors (Lipinski definition) is 0. The Morgan fingerprint density at radius 3 is 2.04 bits per heavy atom. The zero-order chi connectivity index (χ0) is 20.9. The van der Waals surface area contributed by atoms with E-state index in [1.807, 2.05) is 19.1 Å². The standard InChI is InChI=1S/C24H39NO2S/c1-7-9-11-20(12-10-8-2)21-17-23(24(4,5)6)25(18-21)28(26,27)22-15-13-19(3)14-16-22/h13-16,23H,7-12,17-18H2,1-6H3. The van der Waals surface area contributed by atoms with Gasteiger partial charge in [-0.2, -0.15) is 4.31 Å². The highest BCUT2D eigenvalue weighted by Gasteiger charge is 2.43. The van der Waals surface area contributed by atoms with Gasteiger partial charge in [-0.25, -0.2) is 8.42 Å². The fraction of sp³-hybridized carbons (Fsp3) is 0.667. The van der Waals surface area contributed by atoms with Crippen LogP contribution in [0.25, 0.3) is 0 Å². The normalized spacial score (nSPS) is 18.6. The molecule has 1 aliphatic rings. The molecule has 1 heterocycles. The molecule has 0 spiro atoms. The maximum Gasteiger partial charge on any atom is 0.243 e. The van der Waals surface area contributed by atoms with Crippen molar-refractivity contribution in [2.75, 3.05) is 6.54 Å². The molecule has 0 amide bonds. The first-order valence-electron chi connectivity index (χ1n) is 10.9. The summed E-state index contributed by atoms with van der Waals surface area (Å²) in [5, 5.41) is 0. The molecule has 1 fully saturated rings. The van der Waals surface area contributed by atoms with Gasteiger partial charge in [0, 0.05) is 12.6 Å². The average molecular weight is 406 g/mol. The summed E-state index contributed by atoms with van der Waals surface area (Å²) in [4.78, 5) is 0.414. The maximum atomic E-state index is 13.5. The minimum absolute atomic E-state index is 0.00653. The van der Waals surface area contributed by atoms with Crippen LogP contribution in [0.2, 0.25) is 0 Å². The van der Waals surface area contributed by atoms with E-state index >= 15 is 0 Å². The number of unbranched alkanes of at least 4 members (excludes halogenated alkanes) is 2. The second kappa shape index (κ2) is 9.58. The highest BCUT2D eigenvalue weighted by atomic mass is 32.2. The Labute approximate surface area is 173 Å². The van der Waals surface area contributed by atoms with Gasteiger partial charge in [0.2, 0.25) is 10.0 Å². The van der Waals surface area contributed by atoms with Gasteiger partial charge in [0.15, 0.2) is 0 Å². The molecule has 158 valence electrons. The summed E-state index contributed by atoms with van der Waals surface area (Å²) in [6.45, 7) is 13.5. The Kier molecular flexibility index (Phi) is 7.92. The van der Waals surface area contributed by atoms with E-state index < -0.39 is 10.0 Å². The SMILES string of the molecule is CCCCC(CCCC)=C1CC(C(C)(C)C)N(S(=O)(=O)c2ccc(C)cc2)C1. The van der Waals surface area contributed by atoms with Gasteiger partial charge in [0.25, 0.3) is 0 Å². The Morgan fingerprint density at radius 2 is 1.57 bits per heavy atom. The molecule has 0 aromatic heterocycles. The van der Waals surface area contributed by atoms with Crippen molar-refractivity contribution >= 4 is 10.0 Å². The van der Waals surface area contributed by atoms with Gasteiger partial charge in [-0.15, -0.1) is 0 Å². The number of sulfonamides is 1. The third-order valence-corrected chi connectivity index (χ3v) is 7.79. The minimum atomic E-state index is -3.50. The molecule has 1 atom stereocenters. The van der Waals surface area contributed by atoms with E-state index in [9.17, 15) is 8.42 Å². The minimum Gasteiger partial charge on any atom is -0.207 e. The predicted octanol–water partition coefficient (Wildman–Crippen LogP) is 6.48. The summed E-state index contributed by atoms with van der Waals surface area (Å²) in [7, 11) is -3.50. The van der Waals surface area contributed by atoms with Crippen molar-refractivity contribution in [3.05, 3.63) is 41.0 Å². The average Bonchev–Trinajstić information content (AvgIpc) is 3.09. The molecule has 0 radical (unpaired) electrons. The zero-order valence-corrected chi connectivity index (χ0v) is 19.5. The first-order chi connectivity index (χ1) is 13.1. The predicted molar refractivity (Wildman–Crippen MR) is 119 cm³/mol. The van der Waals surface area contributed by atoms with Crippen molar-refractivity contribution in [2.24, 2.45) is 5.41 Å². The molecule has 2 rings (SSSR count). The highest BCUT2D eigenvalue weighted by molar-refractivity contribution is 7.89. The number of rotatable bonds is 8. The van der Waals surface area contributed by atoms with Gasteiger partial charge >= 0.3 is 0 Å². The highest BCUT2D eigenvalue weighted by Crippen LogP contribution is 2.41. The Balaban J connectivity index is 2.43. The van der Waals surface area contributed by atoms with Gasteiger partial charge in [0.05, 0.1) is 4.90 Å². The van der Waals surface area contributed by atoms with Crippen LogP contribution in [0.15, 0.2) is 40.3 Å². The van der Waals surface area contributed by atoms with Crippen molar-refractivity contribution in [1.29, 1.82) is 0 Å². The van der Waals surface area contributed by atoms with Crippen molar-refractivity contribution in [1.82, 2.24) is 4.31 Å². The molecular formula is C24H39NO2S. The summed E-state index contributed by atoms with van der Waals surface area (Å²) >= 11 is 0. The van der Waals surface area contributed by atoms with Gasteiger partial charge in [-0.05, 0) is 56.6 Å². The fourth-order valence-electron chi connectivity index (χ4n) is 4.05. The molecule has 1 unspecified atom stereocenters. The smallest absolute Gasteiger partial charge is 0.207 e. The molecule has 0 aliphatic carbocycles. The van der Waals surface area contributed by atoms with Crippen molar-refractivity contribution in [3.63, 3.8) is 0 Å². The van der Waals surface area contributed by atoms with E-state index in [0.717, 1.165) is 24.8 Å². The van der Waals surface area contributed by atoms with Crippen molar-refractivity contribution < 1.29 is 8.42 Å². The molecule has 1 aromatic rings. The van der Waals surface area contributed by atoms with Crippen LogP contribution in [0.4, 0.5) is 0 Å². The second-order valence-corrected chi connectivity index (χ2v) is 11.3. The summed E-state index contributed by atoms with van der Waals surface area (Å²) in [5.74, 6) is 0. The van der Waals surface area contributed by atoms with Crippen LogP contribution in [-0.2, 0) is 10.0 Å². The molecule has 1 saturated heterocycles. The third kappa shape index (κ3) is 5.48. The van der Waals surface area contributed by atoms with Crippen LogP contribution in [-0.4, -0.2) is 25.3 Å². The van der Waals surface area contributed by atoms with Crippen molar-refractivity contribution in [2.45, 2.75) is 97.4 Å². The monoisotopic (exact) mass is 405 g/mol. The Hall–Kier alpha value is -1.13. The number of aryl methyl sites for hydroxylation is 1. The van der Waals surface area contributed by atoms with Crippen LogP contribution >= 0.6 is 0 Å². The lowest BCUT2D eigenvalue weighted by Gasteiger charge is -2.33. The number of hydrogen-bond acceptors (Lipinski definition) is 2. The van der Waals surface area contributed by atoms with Crippen LogP contribution in [0.5, 0.6) is 0 Å². The fourth-order valence-corrected chi connectivity index (χ4v) is 5.85. The molecule has 0 N–H and O–H groups in total. The van der Waals surface area contributed by atoms with Gasteiger partial charge in [0.1, 0.15) is 0 Å². The number of allylic oxidation sites excluding steroid dienone is 1. The van der Waals surface area contributed by atoms with E-state index in [2.05, 4.69) is 34.6 Å². The van der Waals surface area contributed by atoms with Crippen LogP contribution in [0.1, 0.15) is 85.1 Å². The lowest BCUT2D eigenvalue weighted by atomic mass is 9.84. The second-order valence-electron chi connectivity index (χ2n) is 9.36. The molecule has 3 nitrogen and oxygen atoms in total. The van der Waals surface area contributed by atoms with Crippen LogP contribution in [0, 0.1) is 12.3 Å². The Morgan fingerprint density at radius 1 is 1.04 bits per heavy atom. The van der Waals surface area contributed by atoms with E-state index in [-0.39, 0.29) is 11.5 Å². The summed E-state index contributed by atoms with van der Waals surface area (Å²) in [6, 6.07) is 7.29. The van der Waals surface area contributed by atoms with E-state index in [1.165, 1.54) is 36.8 Å².